The molecule has 5 nitrogen and oxygen atoms in total. The lowest BCUT2D eigenvalue weighted by atomic mass is 9.95. The zero-order chi connectivity index (χ0) is 19.9. The van der Waals surface area contributed by atoms with Gasteiger partial charge in [-0.25, -0.2) is 0 Å². The predicted molar refractivity (Wildman–Crippen MR) is 115 cm³/mol. The van der Waals surface area contributed by atoms with Crippen molar-refractivity contribution in [2.45, 2.75) is 46.2 Å². The van der Waals surface area contributed by atoms with Gasteiger partial charge in [-0.15, -0.1) is 0 Å². The SMILES string of the molecule is CCn1ncc(CN(C)CC2CCN(CCc3ccccc3OC)CC2)c1C. The van der Waals surface area contributed by atoms with Crippen LogP contribution >= 0.6 is 0 Å². The summed E-state index contributed by atoms with van der Waals surface area (Å²) >= 11 is 0. The first-order valence-corrected chi connectivity index (χ1v) is 10.6. The third kappa shape index (κ3) is 5.36. The van der Waals surface area contributed by atoms with Crippen molar-refractivity contribution < 1.29 is 4.74 Å². The summed E-state index contributed by atoms with van der Waals surface area (Å²) in [5.41, 5.74) is 3.98. The van der Waals surface area contributed by atoms with Gasteiger partial charge in [-0.1, -0.05) is 18.2 Å². The molecule has 2 heterocycles. The van der Waals surface area contributed by atoms with E-state index in [2.05, 4.69) is 58.7 Å². The molecular formula is C23H36N4O. The van der Waals surface area contributed by atoms with Gasteiger partial charge in [-0.05, 0) is 70.8 Å². The Morgan fingerprint density at radius 3 is 2.61 bits per heavy atom. The number of likely N-dealkylation sites (tertiary alicyclic amines) is 1. The fourth-order valence-corrected chi connectivity index (χ4v) is 4.34. The molecule has 5 heteroatoms. The molecule has 1 aliphatic heterocycles. The zero-order valence-corrected chi connectivity index (χ0v) is 18.0. The molecule has 1 fully saturated rings. The van der Waals surface area contributed by atoms with Gasteiger partial charge in [0.2, 0.25) is 0 Å². The highest BCUT2D eigenvalue weighted by Gasteiger charge is 2.21. The first kappa shape index (κ1) is 20.9. The van der Waals surface area contributed by atoms with Gasteiger partial charge in [0.1, 0.15) is 5.75 Å². The van der Waals surface area contributed by atoms with E-state index < -0.39 is 0 Å². The van der Waals surface area contributed by atoms with Crippen LogP contribution in [0.2, 0.25) is 0 Å². The maximum atomic E-state index is 5.48. The Morgan fingerprint density at radius 1 is 1.18 bits per heavy atom. The van der Waals surface area contributed by atoms with E-state index in [4.69, 9.17) is 4.74 Å². The van der Waals surface area contributed by atoms with Gasteiger partial charge in [0.15, 0.2) is 0 Å². The molecule has 154 valence electrons. The Balaban J connectivity index is 1.40. The fourth-order valence-electron chi connectivity index (χ4n) is 4.34. The van der Waals surface area contributed by atoms with Crippen LogP contribution in [0.25, 0.3) is 0 Å². The van der Waals surface area contributed by atoms with Gasteiger partial charge < -0.3 is 14.5 Å². The minimum atomic E-state index is 0.800. The summed E-state index contributed by atoms with van der Waals surface area (Å²) in [7, 11) is 4.01. The topological polar surface area (TPSA) is 33.5 Å². The van der Waals surface area contributed by atoms with Gasteiger partial charge in [0.25, 0.3) is 0 Å². The summed E-state index contributed by atoms with van der Waals surface area (Å²) in [6, 6.07) is 8.39. The first-order chi connectivity index (χ1) is 13.6. The van der Waals surface area contributed by atoms with Crippen molar-refractivity contribution in [1.29, 1.82) is 0 Å². The monoisotopic (exact) mass is 384 g/mol. The molecule has 2 aromatic rings. The van der Waals surface area contributed by atoms with Gasteiger partial charge in [-0.2, -0.15) is 5.10 Å². The van der Waals surface area contributed by atoms with Crippen LogP contribution < -0.4 is 4.74 Å². The van der Waals surface area contributed by atoms with E-state index in [1.807, 2.05) is 12.3 Å². The minimum absolute atomic E-state index is 0.800. The molecule has 3 rings (SSSR count). The molecule has 0 radical (unpaired) electrons. The second-order valence-corrected chi connectivity index (χ2v) is 8.11. The average Bonchev–Trinajstić information content (AvgIpc) is 3.07. The van der Waals surface area contributed by atoms with Crippen LogP contribution in [0.1, 0.15) is 36.6 Å². The van der Waals surface area contributed by atoms with Crippen LogP contribution in [0.15, 0.2) is 30.5 Å². The minimum Gasteiger partial charge on any atom is -0.496 e. The van der Waals surface area contributed by atoms with Crippen molar-refractivity contribution in [1.82, 2.24) is 19.6 Å². The molecule has 0 saturated carbocycles. The van der Waals surface area contributed by atoms with Crippen molar-refractivity contribution in [3.63, 3.8) is 0 Å². The largest absolute Gasteiger partial charge is 0.496 e. The number of methoxy groups -OCH3 is 1. The third-order valence-electron chi connectivity index (χ3n) is 6.11. The van der Waals surface area contributed by atoms with E-state index in [-0.39, 0.29) is 0 Å². The Morgan fingerprint density at radius 2 is 1.93 bits per heavy atom. The normalized spacial score (nSPS) is 16.0. The highest BCUT2D eigenvalue weighted by molar-refractivity contribution is 5.33. The number of hydrogen-bond donors (Lipinski definition) is 0. The van der Waals surface area contributed by atoms with Crippen LogP contribution in [-0.4, -0.2) is 59.9 Å². The second-order valence-electron chi connectivity index (χ2n) is 8.11. The Kier molecular flexibility index (Phi) is 7.51. The predicted octanol–water partition coefficient (Wildman–Crippen LogP) is 3.61. The Bertz CT molecular complexity index is 734. The summed E-state index contributed by atoms with van der Waals surface area (Å²) in [6.07, 6.45) is 5.69. The molecule has 0 aliphatic carbocycles. The van der Waals surface area contributed by atoms with Gasteiger partial charge in [-0.3, -0.25) is 4.68 Å². The van der Waals surface area contributed by atoms with E-state index in [1.54, 1.807) is 7.11 Å². The number of hydrogen-bond acceptors (Lipinski definition) is 4. The number of benzene rings is 1. The van der Waals surface area contributed by atoms with E-state index >= 15 is 0 Å². The number of ether oxygens (including phenoxy) is 1. The molecule has 0 spiro atoms. The highest BCUT2D eigenvalue weighted by Crippen LogP contribution is 2.22. The van der Waals surface area contributed by atoms with E-state index in [0.29, 0.717) is 0 Å². The summed E-state index contributed by atoms with van der Waals surface area (Å²) in [4.78, 5) is 5.08. The molecule has 1 aliphatic rings. The van der Waals surface area contributed by atoms with Crippen molar-refractivity contribution in [3.8, 4) is 5.75 Å². The molecule has 1 saturated heterocycles. The molecule has 1 aromatic carbocycles. The van der Waals surface area contributed by atoms with E-state index in [0.717, 1.165) is 37.7 Å². The number of aromatic nitrogens is 2. The van der Waals surface area contributed by atoms with Crippen LogP contribution in [0, 0.1) is 12.8 Å². The molecule has 0 unspecified atom stereocenters. The summed E-state index contributed by atoms with van der Waals surface area (Å²) in [5.74, 6) is 1.81. The Labute approximate surface area is 170 Å². The summed E-state index contributed by atoms with van der Waals surface area (Å²) < 4.78 is 7.57. The van der Waals surface area contributed by atoms with Crippen LogP contribution in [0.3, 0.4) is 0 Å². The standard InChI is InChI=1S/C23H36N4O/c1-5-27-19(2)22(16-24-27)18-25(3)17-20-10-13-26(14-11-20)15-12-21-8-6-7-9-23(21)28-4/h6-9,16,20H,5,10-15,17-18H2,1-4H3. The zero-order valence-electron chi connectivity index (χ0n) is 18.0. The molecule has 0 amide bonds. The van der Waals surface area contributed by atoms with Crippen molar-refractivity contribution >= 4 is 0 Å². The van der Waals surface area contributed by atoms with Gasteiger partial charge in [0.05, 0.1) is 13.3 Å². The number of rotatable bonds is 9. The number of aryl methyl sites for hydroxylation is 1. The maximum absolute atomic E-state index is 5.48. The van der Waals surface area contributed by atoms with Crippen molar-refractivity contribution in [2.24, 2.45) is 5.92 Å². The van der Waals surface area contributed by atoms with E-state index in [1.165, 1.54) is 49.3 Å². The van der Waals surface area contributed by atoms with Gasteiger partial charge >= 0.3 is 0 Å². The molecule has 0 N–H and O–H groups in total. The summed E-state index contributed by atoms with van der Waals surface area (Å²) in [6.45, 7) is 11.0. The molecule has 0 bridgehead atoms. The van der Waals surface area contributed by atoms with Crippen LogP contribution in [-0.2, 0) is 19.5 Å². The molecule has 0 atom stereocenters. The lowest BCUT2D eigenvalue weighted by molar-refractivity contribution is 0.153. The molecule has 28 heavy (non-hydrogen) atoms. The molecular weight excluding hydrogens is 348 g/mol. The quantitative estimate of drug-likeness (QED) is 0.661. The highest BCUT2D eigenvalue weighted by atomic mass is 16.5. The lowest BCUT2D eigenvalue weighted by Crippen LogP contribution is -2.38. The Hall–Kier alpha value is -1.85. The summed E-state index contributed by atoms with van der Waals surface area (Å²) in [5, 5.41) is 4.48. The number of para-hydroxylation sites is 1. The molecule has 1 aromatic heterocycles. The third-order valence-corrected chi connectivity index (χ3v) is 6.11. The second kappa shape index (κ2) is 10.1. The van der Waals surface area contributed by atoms with Crippen LogP contribution in [0.5, 0.6) is 5.75 Å². The number of piperidine rings is 1. The van der Waals surface area contributed by atoms with Crippen molar-refractivity contribution in [3.05, 3.63) is 47.3 Å². The maximum Gasteiger partial charge on any atom is 0.122 e. The average molecular weight is 385 g/mol. The first-order valence-electron chi connectivity index (χ1n) is 10.6. The lowest BCUT2D eigenvalue weighted by Gasteiger charge is -2.34. The van der Waals surface area contributed by atoms with Gasteiger partial charge in [0, 0.05) is 37.4 Å². The van der Waals surface area contributed by atoms with E-state index in [9.17, 15) is 0 Å². The smallest absolute Gasteiger partial charge is 0.122 e. The van der Waals surface area contributed by atoms with Crippen LogP contribution in [0.4, 0.5) is 0 Å². The fraction of sp³-hybridized carbons (Fsp3) is 0.609. The number of nitrogens with zero attached hydrogens (tertiary/aromatic N) is 4. The van der Waals surface area contributed by atoms with Crippen molar-refractivity contribution in [2.75, 3.05) is 40.3 Å².